The molecule has 2 aromatic rings. The maximum absolute atomic E-state index is 12.0. The number of aliphatic carboxylic acids is 1. The second-order valence-corrected chi connectivity index (χ2v) is 6.04. The molecular weight excluding hydrogens is 340 g/mol. The molecule has 1 atom stereocenters. The monoisotopic (exact) mass is 354 g/mol. The molecule has 23 heavy (non-hydrogen) atoms. The van der Waals surface area contributed by atoms with E-state index in [2.05, 4.69) is 10.3 Å². The number of hydrogen-bond acceptors (Lipinski definition) is 5. The Hall–Kier alpha value is -2.12. The lowest BCUT2D eigenvalue weighted by atomic mass is 10.1. The molecule has 1 aromatic carbocycles. The Kier molecular flexibility index (Phi) is 5.95. The van der Waals surface area contributed by atoms with Gasteiger partial charge in [-0.15, -0.1) is 11.3 Å². The predicted molar refractivity (Wildman–Crippen MR) is 87.0 cm³/mol. The van der Waals surface area contributed by atoms with Gasteiger partial charge < -0.3 is 15.2 Å². The van der Waals surface area contributed by atoms with Gasteiger partial charge in [0, 0.05) is 24.4 Å². The number of rotatable bonds is 7. The fourth-order valence-corrected chi connectivity index (χ4v) is 2.87. The number of hydrogen-bond donors (Lipinski definition) is 2. The van der Waals surface area contributed by atoms with Crippen LogP contribution in [0.5, 0.6) is 5.75 Å². The highest BCUT2D eigenvalue weighted by Crippen LogP contribution is 2.27. The molecule has 0 bridgehead atoms. The van der Waals surface area contributed by atoms with E-state index in [1.165, 1.54) is 24.5 Å². The number of carbonyl (C=O) groups excluding carboxylic acids is 1. The molecule has 2 rings (SSSR count). The van der Waals surface area contributed by atoms with Gasteiger partial charge in [0.15, 0.2) is 6.04 Å². The van der Waals surface area contributed by atoms with E-state index in [1.54, 1.807) is 18.3 Å². The van der Waals surface area contributed by atoms with Crippen LogP contribution in [0, 0.1) is 0 Å². The SMILES string of the molecule is COc1ccc(C(NC(=O)CCc2nccs2)C(=O)O)cc1Cl. The predicted octanol–water partition coefficient (Wildman–Crippen LogP) is 2.68. The summed E-state index contributed by atoms with van der Waals surface area (Å²) in [4.78, 5) is 27.5. The summed E-state index contributed by atoms with van der Waals surface area (Å²) >= 11 is 7.46. The Balaban J connectivity index is 2.04. The van der Waals surface area contributed by atoms with Crippen molar-refractivity contribution in [1.29, 1.82) is 0 Å². The summed E-state index contributed by atoms with van der Waals surface area (Å²) in [5, 5.41) is 14.8. The fourth-order valence-electron chi connectivity index (χ4n) is 1.98. The molecule has 1 unspecified atom stereocenters. The van der Waals surface area contributed by atoms with Crippen molar-refractivity contribution < 1.29 is 19.4 Å². The number of ether oxygens (including phenoxy) is 1. The van der Waals surface area contributed by atoms with Crippen molar-refractivity contribution in [2.75, 3.05) is 7.11 Å². The molecule has 0 saturated carbocycles. The third kappa shape index (κ3) is 4.67. The van der Waals surface area contributed by atoms with E-state index in [9.17, 15) is 14.7 Å². The van der Waals surface area contributed by atoms with Crippen LogP contribution in [-0.4, -0.2) is 29.1 Å². The van der Waals surface area contributed by atoms with Gasteiger partial charge in [-0.3, -0.25) is 4.79 Å². The molecule has 2 N–H and O–H groups in total. The molecule has 0 aliphatic carbocycles. The average Bonchev–Trinajstić information content (AvgIpc) is 3.03. The van der Waals surface area contributed by atoms with Crippen LogP contribution in [0.4, 0.5) is 0 Å². The quantitative estimate of drug-likeness (QED) is 0.798. The van der Waals surface area contributed by atoms with Crippen LogP contribution in [-0.2, 0) is 16.0 Å². The number of thiazole rings is 1. The number of nitrogens with zero attached hydrogens (tertiary/aromatic N) is 1. The molecule has 1 amide bonds. The summed E-state index contributed by atoms with van der Waals surface area (Å²) < 4.78 is 5.03. The van der Waals surface area contributed by atoms with E-state index in [1.807, 2.05) is 5.38 Å². The molecule has 0 saturated heterocycles. The zero-order valence-electron chi connectivity index (χ0n) is 12.3. The molecule has 6 nitrogen and oxygen atoms in total. The van der Waals surface area contributed by atoms with Gasteiger partial charge in [0.1, 0.15) is 5.75 Å². The van der Waals surface area contributed by atoms with E-state index in [0.717, 1.165) is 5.01 Å². The lowest BCUT2D eigenvalue weighted by Crippen LogP contribution is -2.33. The third-order valence-corrected chi connectivity index (χ3v) is 4.25. The molecule has 0 aliphatic heterocycles. The zero-order chi connectivity index (χ0) is 16.8. The molecule has 1 aromatic heterocycles. The number of nitrogens with one attached hydrogen (secondary N) is 1. The maximum Gasteiger partial charge on any atom is 0.330 e. The van der Waals surface area contributed by atoms with E-state index >= 15 is 0 Å². The number of carboxylic acids is 1. The number of amides is 1. The largest absolute Gasteiger partial charge is 0.495 e. The smallest absolute Gasteiger partial charge is 0.330 e. The molecule has 1 heterocycles. The van der Waals surface area contributed by atoms with Crippen LogP contribution < -0.4 is 10.1 Å². The Morgan fingerprint density at radius 3 is 2.83 bits per heavy atom. The van der Waals surface area contributed by atoms with Crippen LogP contribution in [0.3, 0.4) is 0 Å². The van der Waals surface area contributed by atoms with E-state index in [4.69, 9.17) is 16.3 Å². The lowest BCUT2D eigenvalue weighted by molar-refractivity contribution is -0.142. The van der Waals surface area contributed by atoms with Crippen LogP contribution in [0.25, 0.3) is 0 Å². The summed E-state index contributed by atoms with van der Waals surface area (Å²) in [6.45, 7) is 0. The van der Waals surface area contributed by atoms with Gasteiger partial charge in [-0.2, -0.15) is 0 Å². The van der Waals surface area contributed by atoms with Gasteiger partial charge in [-0.1, -0.05) is 17.7 Å². The Morgan fingerprint density at radius 2 is 2.26 bits per heavy atom. The number of aromatic nitrogens is 1. The lowest BCUT2D eigenvalue weighted by Gasteiger charge is -2.16. The first kappa shape index (κ1) is 17.2. The topological polar surface area (TPSA) is 88.5 Å². The molecule has 0 spiro atoms. The summed E-state index contributed by atoms with van der Waals surface area (Å²) in [6.07, 6.45) is 2.30. The van der Waals surface area contributed by atoms with Crippen molar-refractivity contribution in [3.63, 3.8) is 0 Å². The molecule has 8 heteroatoms. The van der Waals surface area contributed by atoms with Crippen molar-refractivity contribution in [2.45, 2.75) is 18.9 Å². The van der Waals surface area contributed by atoms with Crippen LogP contribution in [0.1, 0.15) is 23.0 Å². The molecule has 0 aliphatic rings. The first-order valence-corrected chi connectivity index (χ1v) is 8.01. The number of carboxylic acid groups (broad SMARTS) is 1. The Labute approximate surface area is 142 Å². The molecule has 0 fully saturated rings. The first-order valence-electron chi connectivity index (χ1n) is 6.75. The van der Waals surface area contributed by atoms with E-state index in [-0.39, 0.29) is 17.4 Å². The summed E-state index contributed by atoms with van der Waals surface area (Å²) in [5.74, 6) is -1.08. The normalized spacial score (nSPS) is 11.7. The number of benzene rings is 1. The number of carbonyl (C=O) groups is 2. The number of methoxy groups -OCH3 is 1. The van der Waals surface area contributed by atoms with Gasteiger partial charge in [0.05, 0.1) is 17.1 Å². The highest BCUT2D eigenvalue weighted by Gasteiger charge is 2.23. The average molecular weight is 355 g/mol. The van der Waals surface area contributed by atoms with E-state index in [0.29, 0.717) is 17.7 Å². The zero-order valence-corrected chi connectivity index (χ0v) is 13.9. The van der Waals surface area contributed by atoms with Crippen LogP contribution in [0.2, 0.25) is 5.02 Å². The standard InChI is InChI=1S/C15H15ClN2O4S/c1-22-11-3-2-9(8-10(11)16)14(15(20)21)18-12(19)4-5-13-17-6-7-23-13/h2-3,6-8,14H,4-5H2,1H3,(H,18,19)(H,20,21). The second-order valence-electron chi connectivity index (χ2n) is 4.66. The number of aryl methyl sites for hydroxylation is 1. The van der Waals surface area contributed by atoms with Gasteiger partial charge in [0.2, 0.25) is 5.91 Å². The summed E-state index contributed by atoms with van der Waals surface area (Å²) in [6, 6.07) is 3.43. The first-order chi connectivity index (χ1) is 11.0. The van der Waals surface area contributed by atoms with Crippen molar-refractivity contribution in [2.24, 2.45) is 0 Å². The third-order valence-electron chi connectivity index (χ3n) is 3.11. The van der Waals surface area contributed by atoms with Crippen molar-refractivity contribution in [3.8, 4) is 5.75 Å². The minimum atomic E-state index is -1.16. The van der Waals surface area contributed by atoms with Crippen molar-refractivity contribution in [1.82, 2.24) is 10.3 Å². The minimum absolute atomic E-state index is 0.168. The second kappa shape index (κ2) is 7.94. The van der Waals surface area contributed by atoms with Crippen molar-refractivity contribution in [3.05, 3.63) is 45.4 Å². The fraction of sp³-hybridized carbons (Fsp3) is 0.267. The molecule has 122 valence electrons. The van der Waals surface area contributed by atoms with Crippen LogP contribution >= 0.6 is 22.9 Å². The minimum Gasteiger partial charge on any atom is -0.495 e. The van der Waals surface area contributed by atoms with Crippen molar-refractivity contribution >= 4 is 34.8 Å². The number of halogens is 1. The highest BCUT2D eigenvalue weighted by molar-refractivity contribution is 7.09. The van der Waals surface area contributed by atoms with Gasteiger partial charge in [0.25, 0.3) is 0 Å². The Morgan fingerprint density at radius 1 is 1.48 bits per heavy atom. The summed E-state index contributed by atoms with van der Waals surface area (Å²) in [7, 11) is 1.47. The van der Waals surface area contributed by atoms with E-state index < -0.39 is 12.0 Å². The highest BCUT2D eigenvalue weighted by atomic mass is 35.5. The van der Waals surface area contributed by atoms with Crippen LogP contribution in [0.15, 0.2) is 29.8 Å². The molecule has 0 radical (unpaired) electrons. The molecular formula is C15H15ClN2O4S. The maximum atomic E-state index is 12.0. The van der Waals surface area contributed by atoms with Gasteiger partial charge in [-0.05, 0) is 17.7 Å². The van der Waals surface area contributed by atoms with Gasteiger partial charge in [-0.25, -0.2) is 9.78 Å². The van der Waals surface area contributed by atoms with Gasteiger partial charge >= 0.3 is 5.97 Å². The summed E-state index contributed by atoms with van der Waals surface area (Å²) in [5.41, 5.74) is 0.380. The Bertz CT molecular complexity index is 691.